The van der Waals surface area contributed by atoms with E-state index in [-0.39, 0.29) is 55.3 Å². The van der Waals surface area contributed by atoms with Crippen LogP contribution in [0.25, 0.3) is 0 Å². The van der Waals surface area contributed by atoms with Crippen molar-refractivity contribution in [2.45, 2.75) is 45.9 Å². The summed E-state index contributed by atoms with van der Waals surface area (Å²) in [4.78, 5) is 26.9. The van der Waals surface area contributed by atoms with Crippen LogP contribution < -0.4 is 15.4 Å². The number of rotatable bonds is 4. The number of carbonyl (C=O) groups excluding carboxylic acids is 2. The number of sulfonamides is 1. The van der Waals surface area contributed by atoms with E-state index in [1.165, 1.54) is 15.5 Å². The van der Waals surface area contributed by atoms with Gasteiger partial charge in [-0.1, -0.05) is 6.92 Å². The van der Waals surface area contributed by atoms with Gasteiger partial charge in [0.25, 0.3) is 5.91 Å². The number of benzene rings is 1. The molecule has 1 aromatic carbocycles. The van der Waals surface area contributed by atoms with Gasteiger partial charge in [0, 0.05) is 39.0 Å². The summed E-state index contributed by atoms with van der Waals surface area (Å²) < 4.78 is 37.8. The second-order valence-electron chi connectivity index (χ2n) is 8.89. The topological polar surface area (TPSA) is 117 Å². The number of anilines is 1. The number of ether oxygens (including phenoxy) is 2. The highest BCUT2D eigenvalue weighted by molar-refractivity contribution is 7.88. The summed E-state index contributed by atoms with van der Waals surface area (Å²) in [6.45, 7) is 7.91. The van der Waals surface area contributed by atoms with Gasteiger partial charge in [0.05, 0.1) is 24.0 Å². The SMILES string of the molecule is CO[C@H]1CN(C)C(=O)c2cc(NC(=O)NC(C)C)ccc2OC[C@@H](C)N(S(C)(=O)=O)C[C@@H]1C. The van der Waals surface area contributed by atoms with Crippen molar-refractivity contribution in [1.82, 2.24) is 14.5 Å². The van der Waals surface area contributed by atoms with Crippen LogP contribution in [0.2, 0.25) is 0 Å². The molecular formula is C22H36N4O6S. The van der Waals surface area contributed by atoms with Gasteiger partial charge in [-0.2, -0.15) is 4.31 Å². The number of urea groups is 1. The molecule has 0 unspecified atom stereocenters. The van der Waals surface area contributed by atoms with Crippen LogP contribution in [-0.2, 0) is 14.8 Å². The maximum atomic E-state index is 13.3. The van der Waals surface area contributed by atoms with Crippen LogP contribution in [0.4, 0.5) is 10.5 Å². The molecule has 0 saturated heterocycles. The fourth-order valence-corrected chi connectivity index (χ4v) is 4.93. The van der Waals surface area contributed by atoms with E-state index < -0.39 is 16.1 Å². The molecule has 186 valence electrons. The minimum Gasteiger partial charge on any atom is -0.491 e. The smallest absolute Gasteiger partial charge is 0.319 e. The molecule has 2 rings (SSSR count). The Labute approximate surface area is 196 Å². The van der Waals surface area contributed by atoms with E-state index in [2.05, 4.69) is 10.6 Å². The molecule has 0 saturated carbocycles. The molecule has 0 fully saturated rings. The number of likely N-dealkylation sites (N-methyl/N-ethyl adjacent to an activating group) is 1. The Morgan fingerprint density at radius 3 is 2.48 bits per heavy atom. The van der Waals surface area contributed by atoms with Gasteiger partial charge in [-0.25, -0.2) is 13.2 Å². The van der Waals surface area contributed by atoms with Gasteiger partial charge in [-0.05, 0) is 44.9 Å². The third-order valence-electron chi connectivity index (χ3n) is 5.49. The minimum absolute atomic E-state index is 0.0439. The largest absolute Gasteiger partial charge is 0.491 e. The first kappa shape index (κ1) is 26.9. The van der Waals surface area contributed by atoms with Crippen molar-refractivity contribution in [3.63, 3.8) is 0 Å². The third kappa shape index (κ3) is 7.31. The van der Waals surface area contributed by atoms with Crippen LogP contribution in [0.3, 0.4) is 0 Å². The molecule has 3 atom stereocenters. The van der Waals surface area contributed by atoms with E-state index in [0.29, 0.717) is 11.4 Å². The molecule has 11 heteroatoms. The summed E-state index contributed by atoms with van der Waals surface area (Å²) in [5.74, 6) is -0.154. The number of nitrogens with zero attached hydrogens (tertiary/aromatic N) is 2. The van der Waals surface area contributed by atoms with Crippen molar-refractivity contribution >= 4 is 27.6 Å². The zero-order chi connectivity index (χ0) is 24.9. The molecule has 0 aromatic heterocycles. The van der Waals surface area contributed by atoms with E-state index in [1.807, 2.05) is 20.8 Å². The average Bonchev–Trinajstić information content (AvgIpc) is 2.71. The highest BCUT2D eigenvalue weighted by Gasteiger charge is 2.32. The minimum atomic E-state index is -3.50. The molecule has 2 N–H and O–H groups in total. The third-order valence-corrected chi connectivity index (χ3v) is 6.85. The van der Waals surface area contributed by atoms with Gasteiger partial charge in [-0.3, -0.25) is 4.79 Å². The summed E-state index contributed by atoms with van der Waals surface area (Å²) in [5, 5.41) is 5.45. The maximum absolute atomic E-state index is 13.3. The van der Waals surface area contributed by atoms with Crippen LogP contribution in [0.15, 0.2) is 18.2 Å². The normalized spacial score (nSPS) is 23.2. The summed E-state index contributed by atoms with van der Waals surface area (Å²) >= 11 is 0. The molecule has 10 nitrogen and oxygen atoms in total. The molecule has 0 spiro atoms. The fourth-order valence-electron chi connectivity index (χ4n) is 3.71. The summed E-state index contributed by atoms with van der Waals surface area (Å²) in [7, 11) is -0.298. The number of amides is 3. The lowest BCUT2D eigenvalue weighted by atomic mass is 10.0. The second kappa shape index (κ2) is 11.2. The predicted octanol–water partition coefficient (Wildman–Crippen LogP) is 1.98. The molecule has 0 radical (unpaired) electrons. The van der Waals surface area contributed by atoms with Crippen molar-refractivity contribution < 1.29 is 27.5 Å². The van der Waals surface area contributed by atoms with Gasteiger partial charge in [0.1, 0.15) is 12.4 Å². The Balaban J connectivity index is 2.45. The lowest BCUT2D eigenvalue weighted by molar-refractivity contribution is 0.0213. The number of fused-ring (bicyclic) bond motifs is 1. The van der Waals surface area contributed by atoms with Crippen molar-refractivity contribution in [2.75, 3.05) is 45.4 Å². The van der Waals surface area contributed by atoms with E-state index in [9.17, 15) is 18.0 Å². The molecule has 1 aliphatic heterocycles. The Hall–Kier alpha value is -2.37. The Morgan fingerprint density at radius 2 is 1.91 bits per heavy atom. The fraction of sp³-hybridized carbons (Fsp3) is 0.636. The van der Waals surface area contributed by atoms with Crippen LogP contribution in [-0.4, -0.2) is 87.9 Å². The predicted molar refractivity (Wildman–Crippen MR) is 127 cm³/mol. The maximum Gasteiger partial charge on any atom is 0.319 e. The molecule has 33 heavy (non-hydrogen) atoms. The number of methoxy groups -OCH3 is 1. The molecule has 1 aliphatic rings. The summed E-state index contributed by atoms with van der Waals surface area (Å²) in [6, 6.07) is 3.91. The first-order chi connectivity index (χ1) is 15.3. The van der Waals surface area contributed by atoms with Gasteiger partial charge < -0.3 is 25.0 Å². The Kier molecular flexibility index (Phi) is 9.10. The average molecular weight is 485 g/mol. The molecule has 1 aromatic rings. The first-order valence-corrected chi connectivity index (χ1v) is 12.8. The number of hydrogen-bond acceptors (Lipinski definition) is 6. The van der Waals surface area contributed by atoms with E-state index in [4.69, 9.17) is 9.47 Å². The monoisotopic (exact) mass is 484 g/mol. The van der Waals surface area contributed by atoms with Crippen LogP contribution >= 0.6 is 0 Å². The number of hydrogen-bond donors (Lipinski definition) is 2. The van der Waals surface area contributed by atoms with E-state index in [0.717, 1.165) is 0 Å². The molecule has 0 aliphatic carbocycles. The number of nitrogens with one attached hydrogen (secondary N) is 2. The van der Waals surface area contributed by atoms with Gasteiger partial charge in [-0.15, -0.1) is 0 Å². The van der Waals surface area contributed by atoms with Crippen molar-refractivity contribution in [2.24, 2.45) is 5.92 Å². The van der Waals surface area contributed by atoms with Crippen LogP contribution in [0, 0.1) is 5.92 Å². The Morgan fingerprint density at radius 1 is 1.24 bits per heavy atom. The summed E-state index contributed by atoms with van der Waals surface area (Å²) in [6.07, 6.45) is 0.797. The lowest BCUT2D eigenvalue weighted by Crippen LogP contribution is -2.48. The quantitative estimate of drug-likeness (QED) is 0.675. The van der Waals surface area contributed by atoms with Gasteiger partial charge in [0.15, 0.2) is 0 Å². The van der Waals surface area contributed by atoms with E-state index >= 15 is 0 Å². The summed E-state index contributed by atoms with van der Waals surface area (Å²) in [5.41, 5.74) is 0.702. The van der Waals surface area contributed by atoms with Crippen LogP contribution in [0.5, 0.6) is 5.75 Å². The standard InChI is InChI=1S/C22H36N4O6S/c1-14(2)23-22(28)24-17-8-9-19-18(10-17)21(27)25(5)12-20(31-6)15(3)11-26(33(7,29)30)16(4)13-32-19/h8-10,14-16,20H,11-13H2,1-7H3,(H2,23,24,28)/t15-,16+,20-/m0/s1. The molecule has 1 heterocycles. The first-order valence-electron chi connectivity index (χ1n) is 10.9. The Bertz CT molecular complexity index is 952. The van der Waals surface area contributed by atoms with Crippen molar-refractivity contribution in [1.29, 1.82) is 0 Å². The van der Waals surface area contributed by atoms with Gasteiger partial charge >= 0.3 is 6.03 Å². The zero-order valence-corrected chi connectivity index (χ0v) is 21.2. The zero-order valence-electron chi connectivity index (χ0n) is 20.4. The van der Waals surface area contributed by atoms with E-state index in [1.54, 1.807) is 39.3 Å². The highest BCUT2D eigenvalue weighted by atomic mass is 32.2. The molecule has 0 bridgehead atoms. The van der Waals surface area contributed by atoms with Gasteiger partial charge in [0.2, 0.25) is 10.0 Å². The van der Waals surface area contributed by atoms with Crippen LogP contribution in [0.1, 0.15) is 38.1 Å². The highest BCUT2D eigenvalue weighted by Crippen LogP contribution is 2.27. The second-order valence-corrected chi connectivity index (χ2v) is 10.8. The lowest BCUT2D eigenvalue weighted by Gasteiger charge is -2.34. The molecule has 3 amide bonds. The number of carbonyl (C=O) groups is 2. The van der Waals surface area contributed by atoms with Crippen molar-refractivity contribution in [3.8, 4) is 5.75 Å². The molecular weight excluding hydrogens is 448 g/mol. The van der Waals surface area contributed by atoms with Crippen molar-refractivity contribution in [3.05, 3.63) is 23.8 Å².